The van der Waals surface area contributed by atoms with Gasteiger partial charge in [-0.15, -0.1) is 0 Å². The summed E-state index contributed by atoms with van der Waals surface area (Å²) in [5, 5.41) is 0. The molecule has 4 rings (SSSR count). The van der Waals surface area contributed by atoms with Crippen LogP contribution in [0.2, 0.25) is 0 Å². The summed E-state index contributed by atoms with van der Waals surface area (Å²) in [4.78, 5) is 21.5. The summed E-state index contributed by atoms with van der Waals surface area (Å²) in [6.07, 6.45) is 0. The second kappa shape index (κ2) is 8.49. The Morgan fingerprint density at radius 1 is 1.03 bits per heavy atom. The summed E-state index contributed by atoms with van der Waals surface area (Å²) in [5.41, 5.74) is 2.62. The van der Waals surface area contributed by atoms with E-state index >= 15 is 0 Å². The first-order valence-corrected chi connectivity index (χ1v) is 9.81. The molecule has 1 aromatic heterocycles. The molecule has 0 unspecified atom stereocenters. The van der Waals surface area contributed by atoms with Gasteiger partial charge in [-0.1, -0.05) is 18.2 Å². The smallest absolute Gasteiger partial charge is 0.253 e. The summed E-state index contributed by atoms with van der Waals surface area (Å²) in [6, 6.07) is 17.2. The van der Waals surface area contributed by atoms with Crippen LogP contribution in [0.4, 0.5) is 0 Å². The largest absolute Gasteiger partial charge is 0.497 e. The Kier molecular flexibility index (Phi) is 5.62. The molecule has 1 aliphatic rings. The minimum Gasteiger partial charge on any atom is -0.497 e. The van der Waals surface area contributed by atoms with Crippen LogP contribution in [0.1, 0.15) is 21.8 Å². The third-order valence-electron chi connectivity index (χ3n) is 5.28. The number of amides is 1. The maximum absolute atomic E-state index is 12.6. The number of rotatable bonds is 5. The highest BCUT2D eigenvalue weighted by Crippen LogP contribution is 2.25. The highest BCUT2D eigenvalue weighted by molar-refractivity contribution is 5.94. The summed E-state index contributed by atoms with van der Waals surface area (Å²) in [6.45, 7) is 5.75. The fraction of sp³-hybridized carbons (Fsp3) is 0.304. The molecule has 2 heterocycles. The molecule has 0 spiro atoms. The van der Waals surface area contributed by atoms with Crippen LogP contribution < -0.4 is 4.74 Å². The van der Waals surface area contributed by atoms with E-state index in [1.54, 1.807) is 7.11 Å². The number of oxazole rings is 1. The van der Waals surface area contributed by atoms with Gasteiger partial charge in [0.1, 0.15) is 11.5 Å². The minimum atomic E-state index is 0.102. The maximum atomic E-state index is 12.6. The quantitative estimate of drug-likeness (QED) is 0.665. The number of aromatic nitrogens is 1. The van der Waals surface area contributed by atoms with Crippen LogP contribution in [0.25, 0.3) is 11.5 Å². The second-order valence-corrected chi connectivity index (χ2v) is 7.18. The molecule has 2 aromatic carbocycles. The molecule has 0 bridgehead atoms. The first kappa shape index (κ1) is 19.2. The number of hydrogen-bond acceptors (Lipinski definition) is 5. The van der Waals surface area contributed by atoms with Crippen molar-refractivity contribution in [3.05, 3.63) is 71.6 Å². The number of nitrogens with zero attached hydrogens (tertiary/aromatic N) is 3. The lowest BCUT2D eigenvalue weighted by Gasteiger charge is -2.34. The van der Waals surface area contributed by atoms with Gasteiger partial charge in [0.2, 0.25) is 5.89 Å². The second-order valence-electron chi connectivity index (χ2n) is 7.18. The molecular formula is C23H25N3O3. The zero-order valence-corrected chi connectivity index (χ0v) is 16.8. The van der Waals surface area contributed by atoms with E-state index in [9.17, 15) is 4.79 Å². The molecule has 0 N–H and O–H groups in total. The molecule has 6 nitrogen and oxygen atoms in total. The Labute approximate surface area is 170 Å². The van der Waals surface area contributed by atoms with Gasteiger partial charge in [0.05, 0.1) is 12.8 Å². The van der Waals surface area contributed by atoms with Crippen LogP contribution in [0.15, 0.2) is 59.0 Å². The van der Waals surface area contributed by atoms with E-state index < -0.39 is 0 Å². The maximum Gasteiger partial charge on any atom is 0.253 e. The molecule has 29 heavy (non-hydrogen) atoms. The number of hydrogen-bond donors (Lipinski definition) is 0. The number of ether oxygens (including phenoxy) is 1. The lowest BCUT2D eigenvalue weighted by molar-refractivity contribution is 0.0626. The van der Waals surface area contributed by atoms with Gasteiger partial charge in [0.15, 0.2) is 0 Å². The molecule has 6 heteroatoms. The lowest BCUT2D eigenvalue weighted by Crippen LogP contribution is -2.48. The first-order valence-electron chi connectivity index (χ1n) is 9.81. The number of carbonyl (C=O) groups excluding carboxylic acids is 1. The Balaban J connectivity index is 1.37. The number of benzene rings is 2. The highest BCUT2D eigenvalue weighted by atomic mass is 16.5. The van der Waals surface area contributed by atoms with Crippen LogP contribution in [-0.2, 0) is 6.54 Å². The summed E-state index contributed by atoms with van der Waals surface area (Å²) in [5.74, 6) is 2.36. The van der Waals surface area contributed by atoms with Crippen LogP contribution in [0, 0.1) is 6.92 Å². The predicted octanol–water partition coefficient (Wildman–Crippen LogP) is 3.62. The molecule has 0 radical (unpaired) electrons. The molecule has 0 atom stereocenters. The topological polar surface area (TPSA) is 58.8 Å². The van der Waals surface area contributed by atoms with Crippen LogP contribution in [0.3, 0.4) is 0 Å². The van der Waals surface area contributed by atoms with Crippen molar-refractivity contribution in [1.82, 2.24) is 14.8 Å². The van der Waals surface area contributed by atoms with Crippen LogP contribution in [-0.4, -0.2) is 54.0 Å². The number of carbonyl (C=O) groups is 1. The van der Waals surface area contributed by atoms with Crippen LogP contribution >= 0.6 is 0 Å². The van der Waals surface area contributed by atoms with E-state index in [2.05, 4.69) is 4.90 Å². The van der Waals surface area contributed by atoms with Gasteiger partial charge in [0.25, 0.3) is 5.91 Å². The Bertz CT molecular complexity index is 959. The van der Waals surface area contributed by atoms with Gasteiger partial charge in [-0.05, 0) is 43.3 Å². The number of piperazine rings is 1. The molecule has 3 aromatic rings. The normalized spacial score (nSPS) is 14.8. The van der Waals surface area contributed by atoms with Gasteiger partial charge in [0, 0.05) is 43.9 Å². The van der Waals surface area contributed by atoms with Gasteiger partial charge in [-0.3, -0.25) is 9.69 Å². The molecule has 1 fully saturated rings. The number of methoxy groups -OCH3 is 1. The molecule has 1 amide bonds. The standard InChI is InChI=1S/C23H25N3O3/c1-17-21(24-22(29-17)18-8-10-20(28-2)11-9-18)16-25-12-14-26(15-13-25)23(27)19-6-4-3-5-7-19/h3-11H,12-16H2,1-2H3. The Morgan fingerprint density at radius 3 is 2.38 bits per heavy atom. The van der Waals surface area contributed by atoms with Crippen molar-refractivity contribution in [3.8, 4) is 17.2 Å². The van der Waals surface area contributed by atoms with Crippen LogP contribution in [0.5, 0.6) is 5.75 Å². The van der Waals surface area contributed by atoms with E-state index in [0.717, 1.165) is 61.1 Å². The third kappa shape index (κ3) is 4.32. The van der Waals surface area contributed by atoms with E-state index in [0.29, 0.717) is 5.89 Å². The zero-order valence-electron chi connectivity index (χ0n) is 16.8. The van der Waals surface area contributed by atoms with Gasteiger partial charge < -0.3 is 14.1 Å². The Morgan fingerprint density at radius 2 is 1.72 bits per heavy atom. The van der Waals surface area contributed by atoms with E-state index in [4.69, 9.17) is 14.1 Å². The van der Waals surface area contributed by atoms with Crippen molar-refractivity contribution >= 4 is 5.91 Å². The fourth-order valence-corrected chi connectivity index (χ4v) is 3.52. The lowest BCUT2D eigenvalue weighted by atomic mass is 10.2. The van der Waals surface area contributed by atoms with E-state index in [1.807, 2.05) is 66.4 Å². The minimum absolute atomic E-state index is 0.102. The molecular weight excluding hydrogens is 366 g/mol. The SMILES string of the molecule is COc1ccc(-c2nc(CN3CCN(C(=O)c4ccccc4)CC3)c(C)o2)cc1. The molecule has 150 valence electrons. The average molecular weight is 391 g/mol. The van der Waals surface area contributed by atoms with Gasteiger partial charge in [-0.25, -0.2) is 4.98 Å². The molecule has 0 aliphatic carbocycles. The van der Waals surface area contributed by atoms with Crippen molar-refractivity contribution in [2.45, 2.75) is 13.5 Å². The molecule has 1 aliphatic heterocycles. The summed E-state index contributed by atoms with van der Waals surface area (Å²) < 4.78 is 11.1. The molecule has 1 saturated heterocycles. The van der Waals surface area contributed by atoms with Crippen molar-refractivity contribution in [2.24, 2.45) is 0 Å². The van der Waals surface area contributed by atoms with Crippen molar-refractivity contribution in [2.75, 3.05) is 33.3 Å². The number of aryl methyl sites for hydroxylation is 1. The van der Waals surface area contributed by atoms with Gasteiger partial charge in [-0.2, -0.15) is 0 Å². The third-order valence-corrected chi connectivity index (χ3v) is 5.28. The molecule has 0 saturated carbocycles. The van der Waals surface area contributed by atoms with Crippen molar-refractivity contribution in [1.29, 1.82) is 0 Å². The summed E-state index contributed by atoms with van der Waals surface area (Å²) >= 11 is 0. The highest BCUT2D eigenvalue weighted by Gasteiger charge is 2.23. The Hall–Kier alpha value is -3.12. The van der Waals surface area contributed by atoms with E-state index in [-0.39, 0.29) is 5.91 Å². The van der Waals surface area contributed by atoms with Gasteiger partial charge >= 0.3 is 0 Å². The summed E-state index contributed by atoms with van der Waals surface area (Å²) in [7, 11) is 1.65. The zero-order chi connectivity index (χ0) is 20.2. The van der Waals surface area contributed by atoms with E-state index in [1.165, 1.54) is 0 Å². The monoisotopic (exact) mass is 391 g/mol. The first-order chi connectivity index (χ1) is 14.1. The average Bonchev–Trinajstić information content (AvgIpc) is 3.14. The predicted molar refractivity (Wildman–Crippen MR) is 111 cm³/mol. The van der Waals surface area contributed by atoms with Crippen molar-refractivity contribution in [3.63, 3.8) is 0 Å². The van der Waals surface area contributed by atoms with Crippen molar-refractivity contribution < 1.29 is 13.9 Å². The fourth-order valence-electron chi connectivity index (χ4n) is 3.52.